The summed E-state index contributed by atoms with van der Waals surface area (Å²) in [6.45, 7) is -1.05. The number of hydrogen-bond donors (Lipinski definition) is 1. The number of alkyl halides is 3. The highest BCUT2D eigenvalue weighted by Crippen LogP contribution is 2.31. The lowest BCUT2D eigenvalue weighted by atomic mass is 10.1. The van der Waals surface area contributed by atoms with E-state index in [-0.39, 0.29) is 28.9 Å². The summed E-state index contributed by atoms with van der Waals surface area (Å²) in [6, 6.07) is 15.7. The largest absolute Gasteiger partial charge is 0.416 e. The lowest BCUT2D eigenvalue weighted by molar-refractivity contribution is -0.140. The Morgan fingerprint density at radius 3 is 2.07 bits per heavy atom. The number of halogens is 3. The van der Waals surface area contributed by atoms with Gasteiger partial charge in [-0.25, -0.2) is 0 Å². The molecule has 1 atom stereocenters. The molecule has 0 saturated carbocycles. The lowest BCUT2D eigenvalue weighted by Gasteiger charge is -2.31. The van der Waals surface area contributed by atoms with Gasteiger partial charge in [-0.15, -0.1) is 5.10 Å². The maximum atomic E-state index is 14.0. The Kier molecular flexibility index (Phi) is 8.45. The number of rotatable bonds is 9. The topological polar surface area (TPSA) is 116 Å². The van der Waals surface area contributed by atoms with Crippen LogP contribution in [0, 0.1) is 0 Å². The van der Waals surface area contributed by atoms with Crippen molar-refractivity contribution < 1.29 is 32.3 Å². The third kappa shape index (κ3) is 6.29. The van der Waals surface area contributed by atoms with Crippen LogP contribution in [0.3, 0.4) is 0 Å². The van der Waals surface area contributed by atoms with Crippen LogP contribution in [0.5, 0.6) is 0 Å². The van der Waals surface area contributed by atoms with E-state index in [4.69, 9.17) is 0 Å². The van der Waals surface area contributed by atoms with Crippen molar-refractivity contribution in [3.05, 3.63) is 106 Å². The van der Waals surface area contributed by atoms with E-state index in [0.29, 0.717) is 5.69 Å². The molecule has 14 heteroatoms. The van der Waals surface area contributed by atoms with Gasteiger partial charge >= 0.3 is 6.18 Å². The van der Waals surface area contributed by atoms with Crippen LogP contribution in [-0.4, -0.2) is 63.7 Å². The van der Waals surface area contributed by atoms with Gasteiger partial charge in [0.25, 0.3) is 17.7 Å². The minimum absolute atomic E-state index is 0.0973. The Hall–Kier alpha value is -5.11. The number of carbonyl (C=O) groups is 4. The molecular weight excluding hydrogens is 597 g/mol. The average molecular weight is 623 g/mol. The van der Waals surface area contributed by atoms with E-state index in [0.717, 1.165) is 39.2 Å². The molecule has 0 saturated heterocycles. The molecule has 1 aromatic heterocycles. The first-order chi connectivity index (χ1) is 20.9. The van der Waals surface area contributed by atoms with Crippen molar-refractivity contribution in [3.63, 3.8) is 0 Å². The molecule has 226 valence electrons. The summed E-state index contributed by atoms with van der Waals surface area (Å²) in [5, 5.41) is 8.24. The Morgan fingerprint density at radius 2 is 1.55 bits per heavy atom. The smallest absolute Gasteiger partial charge is 0.378 e. The third-order valence-corrected chi connectivity index (χ3v) is 7.52. The SMILES string of the molecule is CN(C)c1ccc(NC(=O)[C@H](c2csnn2)N(Cc2ccc(C(F)(F)F)cc2)C(=O)CN2C(=O)c3ccccc3C2=O)cc1. The fraction of sp³-hybridized carbons (Fsp3) is 0.200. The Bertz CT molecular complexity index is 1660. The van der Waals surface area contributed by atoms with Gasteiger partial charge in [0.2, 0.25) is 5.91 Å². The van der Waals surface area contributed by atoms with Crippen molar-refractivity contribution in [2.45, 2.75) is 18.8 Å². The summed E-state index contributed by atoms with van der Waals surface area (Å²) >= 11 is 0.934. The molecule has 4 amide bonds. The van der Waals surface area contributed by atoms with Gasteiger partial charge in [-0.3, -0.25) is 24.1 Å². The molecule has 0 bridgehead atoms. The summed E-state index contributed by atoms with van der Waals surface area (Å²) in [6.07, 6.45) is -4.57. The van der Waals surface area contributed by atoms with Gasteiger partial charge in [0.15, 0.2) is 6.04 Å². The van der Waals surface area contributed by atoms with E-state index in [2.05, 4.69) is 14.9 Å². The molecule has 0 unspecified atom stereocenters. The summed E-state index contributed by atoms with van der Waals surface area (Å²) in [5.74, 6) is -2.84. The third-order valence-electron chi connectivity index (χ3n) is 6.99. The number of aromatic nitrogens is 2. The van der Waals surface area contributed by atoms with E-state index in [9.17, 15) is 32.3 Å². The van der Waals surface area contributed by atoms with Gasteiger partial charge in [0.05, 0.1) is 16.7 Å². The number of fused-ring (bicyclic) bond motifs is 1. The summed E-state index contributed by atoms with van der Waals surface area (Å²) in [4.78, 5) is 57.6. The van der Waals surface area contributed by atoms with E-state index < -0.39 is 48.0 Å². The second-order valence-electron chi connectivity index (χ2n) is 10.1. The number of nitrogens with one attached hydrogen (secondary N) is 1. The van der Waals surface area contributed by atoms with Crippen LogP contribution in [0.1, 0.15) is 43.6 Å². The molecule has 0 fully saturated rings. The van der Waals surface area contributed by atoms with Crippen LogP contribution in [0.2, 0.25) is 0 Å². The van der Waals surface area contributed by atoms with Gasteiger partial charge < -0.3 is 15.1 Å². The molecule has 1 N–H and O–H groups in total. The second-order valence-corrected chi connectivity index (χ2v) is 10.7. The zero-order chi connectivity index (χ0) is 31.6. The first-order valence-corrected chi connectivity index (χ1v) is 14.0. The predicted molar refractivity (Wildman–Crippen MR) is 156 cm³/mol. The van der Waals surface area contributed by atoms with Gasteiger partial charge in [-0.05, 0) is 65.6 Å². The van der Waals surface area contributed by atoms with Crippen molar-refractivity contribution in [2.75, 3.05) is 30.9 Å². The number of amides is 4. The van der Waals surface area contributed by atoms with Gasteiger partial charge in [-0.2, -0.15) is 13.2 Å². The second kappa shape index (κ2) is 12.2. The number of anilines is 2. The molecule has 10 nitrogen and oxygen atoms in total. The van der Waals surface area contributed by atoms with Gasteiger partial charge in [-0.1, -0.05) is 28.8 Å². The van der Waals surface area contributed by atoms with Crippen LogP contribution in [0.15, 0.2) is 78.2 Å². The van der Waals surface area contributed by atoms with E-state index in [1.807, 2.05) is 19.0 Å². The average Bonchev–Trinajstić information content (AvgIpc) is 3.60. The first kappa shape index (κ1) is 30.4. The highest BCUT2D eigenvalue weighted by Gasteiger charge is 2.40. The molecule has 1 aliphatic heterocycles. The number of hydrogen-bond acceptors (Lipinski definition) is 8. The normalized spacial score (nSPS) is 13.4. The van der Waals surface area contributed by atoms with Gasteiger partial charge in [0, 0.05) is 37.4 Å². The van der Waals surface area contributed by atoms with E-state index in [1.54, 1.807) is 36.4 Å². The zero-order valence-electron chi connectivity index (χ0n) is 23.4. The van der Waals surface area contributed by atoms with Crippen molar-refractivity contribution in [3.8, 4) is 0 Å². The fourth-order valence-electron chi connectivity index (χ4n) is 4.71. The molecule has 0 spiro atoms. The molecule has 5 rings (SSSR count). The molecule has 1 aliphatic rings. The van der Waals surface area contributed by atoms with Crippen molar-refractivity contribution >= 4 is 46.5 Å². The molecule has 0 aliphatic carbocycles. The Morgan fingerprint density at radius 1 is 0.932 bits per heavy atom. The van der Waals surface area contributed by atoms with Crippen LogP contribution < -0.4 is 10.2 Å². The number of nitrogens with zero attached hydrogens (tertiary/aromatic N) is 5. The van der Waals surface area contributed by atoms with Gasteiger partial charge in [0.1, 0.15) is 12.2 Å². The maximum Gasteiger partial charge on any atom is 0.416 e. The molecule has 3 aromatic carbocycles. The quantitative estimate of drug-likeness (QED) is 0.271. The molecule has 2 heterocycles. The van der Waals surface area contributed by atoms with E-state index in [1.165, 1.54) is 29.6 Å². The summed E-state index contributed by atoms with van der Waals surface area (Å²) in [7, 11) is 3.72. The first-order valence-electron chi connectivity index (χ1n) is 13.2. The molecule has 0 radical (unpaired) electrons. The van der Waals surface area contributed by atoms with Crippen LogP contribution >= 0.6 is 11.5 Å². The number of benzene rings is 3. The molecular formula is C30H25F3N6O4S. The Labute approximate surface area is 253 Å². The molecule has 44 heavy (non-hydrogen) atoms. The maximum absolute atomic E-state index is 14.0. The lowest BCUT2D eigenvalue weighted by Crippen LogP contribution is -2.47. The van der Waals surface area contributed by atoms with Crippen LogP contribution in [-0.2, 0) is 22.3 Å². The minimum atomic E-state index is -4.57. The summed E-state index contributed by atoms with van der Waals surface area (Å²) < 4.78 is 43.5. The fourth-order valence-corrected chi connectivity index (χ4v) is 5.18. The summed E-state index contributed by atoms with van der Waals surface area (Å²) in [5.41, 5.74) is 1.05. The standard InChI is InChI=1S/C30H25F3N6O4S/c1-37(2)21-13-11-20(12-14-21)34-27(41)26(24-17-44-36-35-24)38(15-18-7-9-19(10-8-18)30(31,32)33)25(40)16-39-28(42)22-5-3-4-6-23(22)29(39)43/h3-14,17,26H,15-16H2,1-2H3,(H,34,41)/t26-/m0/s1. The molecule has 4 aromatic rings. The highest BCUT2D eigenvalue weighted by atomic mass is 32.1. The highest BCUT2D eigenvalue weighted by molar-refractivity contribution is 7.03. The number of carbonyl (C=O) groups excluding carboxylic acids is 4. The predicted octanol–water partition coefficient (Wildman–Crippen LogP) is 4.63. The van der Waals surface area contributed by atoms with Crippen molar-refractivity contribution in [1.29, 1.82) is 0 Å². The zero-order valence-corrected chi connectivity index (χ0v) is 24.2. The van der Waals surface area contributed by atoms with E-state index >= 15 is 0 Å². The number of imide groups is 1. The van der Waals surface area contributed by atoms with Crippen molar-refractivity contribution in [1.82, 2.24) is 19.4 Å². The Balaban J connectivity index is 1.49. The monoisotopic (exact) mass is 622 g/mol. The van der Waals surface area contributed by atoms with Crippen molar-refractivity contribution in [2.24, 2.45) is 0 Å². The van der Waals surface area contributed by atoms with Crippen LogP contribution in [0.25, 0.3) is 0 Å². The minimum Gasteiger partial charge on any atom is -0.378 e. The van der Waals surface area contributed by atoms with Crippen LogP contribution in [0.4, 0.5) is 24.5 Å².